The predicted molar refractivity (Wildman–Crippen MR) is 89.1 cm³/mol. The number of fused-ring (bicyclic) bond motifs is 5. The van der Waals surface area contributed by atoms with Crippen LogP contribution in [0.4, 0.5) is 0 Å². The third-order valence-electron chi connectivity index (χ3n) is 6.60. The number of aliphatic hydroxyl groups excluding tert-OH is 1. The van der Waals surface area contributed by atoms with Gasteiger partial charge in [0.1, 0.15) is 0 Å². The van der Waals surface area contributed by atoms with Gasteiger partial charge in [-0.2, -0.15) is 0 Å². The second kappa shape index (κ2) is 7.71. The average molecular weight is 340 g/mol. The van der Waals surface area contributed by atoms with E-state index in [-0.39, 0.29) is 19.2 Å². The molecule has 1 heterocycles. The number of aliphatic hydroxyl groups is 1. The van der Waals surface area contributed by atoms with Gasteiger partial charge in [0.05, 0.1) is 24.7 Å². The molecular formula is C19H32O5. The number of hydrogen-bond acceptors (Lipinski definition) is 5. The Bertz CT molecular complexity index is 439. The van der Waals surface area contributed by atoms with Gasteiger partial charge in [0.2, 0.25) is 0 Å². The Morgan fingerprint density at radius 3 is 2.58 bits per heavy atom. The fraction of sp³-hybridized carbons (Fsp3) is 0.947. The molecule has 8 atom stereocenters. The van der Waals surface area contributed by atoms with Crippen LogP contribution in [-0.2, 0) is 19.0 Å². The van der Waals surface area contributed by atoms with Crippen LogP contribution in [0, 0.1) is 29.6 Å². The van der Waals surface area contributed by atoms with Crippen molar-refractivity contribution in [3.8, 4) is 0 Å². The molecule has 1 N–H and O–H groups in total. The number of carbonyl (C=O) groups excluding carboxylic acids is 1. The van der Waals surface area contributed by atoms with Gasteiger partial charge >= 0.3 is 5.97 Å². The first-order valence-electron chi connectivity index (χ1n) is 9.57. The summed E-state index contributed by atoms with van der Waals surface area (Å²) in [5.41, 5.74) is 0. The van der Waals surface area contributed by atoms with Crippen molar-refractivity contribution >= 4 is 5.97 Å². The van der Waals surface area contributed by atoms with E-state index in [1.165, 1.54) is 20.0 Å². The summed E-state index contributed by atoms with van der Waals surface area (Å²) in [4.78, 5) is 11.6. The maximum atomic E-state index is 11.6. The lowest BCUT2D eigenvalue weighted by Gasteiger charge is -2.34. The number of carbonyl (C=O) groups is 1. The molecule has 5 nitrogen and oxygen atoms in total. The van der Waals surface area contributed by atoms with Crippen LogP contribution in [-0.4, -0.2) is 43.3 Å². The van der Waals surface area contributed by atoms with E-state index in [2.05, 4.69) is 13.8 Å². The highest BCUT2D eigenvalue weighted by molar-refractivity contribution is 5.69. The Morgan fingerprint density at radius 2 is 1.92 bits per heavy atom. The van der Waals surface area contributed by atoms with Gasteiger partial charge in [0.25, 0.3) is 0 Å². The fourth-order valence-electron chi connectivity index (χ4n) is 5.88. The molecule has 1 saturated heterocycles. The summed E-state index contributed by atoms with van der Waals surface area (Å²) in [7, 11) is 1.48. The molecule has 8 unspecified atom stereocenters. The number of esters is 1. The van der Waals surface area contributed by atoms with Gasteiger partial charge in [-0.3, -0.25) is 4.79 Å². The Labute approximate surface area is 145 Å². The molecule has 24 heavy (non-hydrogen) atoms. The molecule has 5 heteroatoms. The van der Waals surface area contributed by atoms with Gasteiger partial charge < -0.3 is 19.3 Å². The summed E-state index contributed by atoms with van der Waals surface area (Å²) >= 11 is 0. The molecule has 0 amide bonds. The third-order valence-corrected chi connectivity index (χ3v) is 6.60. The highest BCUT2D eigenvalue weighted by atomic mass is 16.7. The van der Waals surface area contributed by atoms with Crippen molar-refractivity contribution in [1.82, 2.24) is 0 Å². The Kier molecular flexibility index (Phi) is 5.83. The van der Waals surface area contributed by atoms with E-state index >= 15 is 0 Å². The fourth-order valence-corrected chi connectivity index (χ4v) is 5.88. The molecule has 1 aliphatic heterocycles. The maximum Gasteiger partial charge on any atom is 0.310 e. The summed E-state index contributed by atoms with van der Waals surface area (Å²) in [5.74, 6) is 2.94. The van der Waals surface area contributed by atoms with Gasteiger partial charge in [-0.05, 0) is 61.7 Å². The molecule has 0 aromatic carbocycles. The zero-order valence-corrected chi connectivity index (χ0v) is 15.1. The van der Waals surface area contributed by atoms with Crippen molar-refractivity contribution in [2.24, 2.45) is 29.6 Å². The molecule has 0 radical (unpaired) electrons. The highest BCUT2D eigenvalue weighted by Crippen LogP contribution is 2.62. The first-order valence-corrected chi connectivity index (χ1v) is 9.57. The smallest absolute Gasteiger partial charge is 0.310 e. The summed E-state index contributed by atoms with van der Waals surface area (Å²) in [6, 6.07) is 0. The second-order valence-corrected chi connectivity index (χ2v) is 7.86. The van der Waals surface area contributed by atoms with E-state index in [4.69, 9.17) is 14.2 Å². The molecule has 3 fully saturated rings. The standard InChI is InChI=1S/C19H32O5/c1-4-15-18-12-6-11(7-13(20)9-17(21)23-10-22-3)14(8-12)19(18)16(5-2)24-15/h11-16,18-20H,4-10H2,1-3H3. The van der Waals surface area contributed by atoms with Crippen molar-refractivity contribution in [3.05, 3.63) is 0 Å². The van der Waals surface area contributed by atoms with Gasteiger partial charge in [-0.15, -0.1) is 0 Å². The first-order chi connectivity index (χ1) is 11.6. The zero-order chi connectivity index (χ0) is 17.3. The minimum Gasteiger partial charge on any atom is -0.438 e. The Morgan fingerprint density at radius 1 is 1.21 bits per heavy atom. The number of methoxy groups -OCH3 is 1. The largest absolute Gasteiger partial charge is 0.438 e. The van der Waals surface area contributed by atoms with Crippen LogP contribution in [0.5, 0.6) is 0 Å². The van der Waals surface area contributed by atoms with Crippen molar-refractivity contribution in [2.75, 3.05) is 13.9 Å². The van der Waals surface area contributed by atoms with Crippen LogP contribution < -0.4 is 0 Å². The maximum absolute atomic E-state index is 11.6. The van der Waals surface area contributed by atoms with Crippen LogP contribution in [0.15, 0.2) is 0 Å². The zero-order valence-electron chi connectivity index (χ0n) is 15.1. The molecule has 3 rings (SSSR count). The second-order valence-electron chi connectivity index (χ2n) is 7.86. The molecule has 2 bridgehead atoms. The monoisotopic (exact) mass is 340 g/mol. The molecule has 0 aromatic rings. The molecule has 2 saturated carbocycles. The number of ether oxygens (including phenoxy) is 3. The van der Waals surface area contributed by atoms with Crippen molar-refractivity contribution in [3.63, 3.8) is 0 Å². The lowest BCUT2D eigenvalue weighted by Crippen LogP contribution is -2.34. The van der Waals surface area contributed by atoms with Gasteiger partial charge in [-0.1, -0.05) is 13.8 Å². The molecular weight excluding hydrogens is 308 g/mol. The van der Waals surface area contributed by atoms with Crippen LogP contribution in [0.25, 0.3) is 0 Å². The number of hydrogen-bond donors (Lipinski definition) is 1. The van der Waals surface area contributed by atoms with E-state index in [9.17, 15) is 9.90 Å². The highest BCUT2D eigenvalue weighted by Gasteiger charge is 2.60. The van der Waals surface area contributed by atoms with Gasteiger partial charge in [0.15, 0.2) is 6.79 Å². The Balaban J connectivity index is 1.56. The molecule has 3 aliphatic rings. The topological polar surface area (TPSA) is 65.0 Å². The Hall–Kier alpha value is -0.650. The molecule has 0 spiro atoms. The van der Waals surface area contributed by atoms with E-state index in [0.717, 1.165) is 24.7 Å². The van der Waals surface area contributed by atoms with E-state index < -0.39 is 6.10 Å². The lowest BCUT2D eigenvalue weighted by atomic mass is 9.69. The van der Waals surface area contributed by atoms with E-state index in [1.54, 1.807) is 0 Å². The molecule has 2 aliphatic carbocycles. The summed E-state index contributed by atoms with van der Waals surface area (Å²) in [5, 5.41) is 10.3. The van der Waals surface area contributed by atoms with Crippen molar-refractivity contribution in [2.45, 2.75) is 70.7 Å². The van der Waals surface area contributed by atoms with E-state index in [0.29, 0.717) is 36.4 Å². The SMILES string of the molecule is CCC1OC(CC)C2C3CC(CC3CC(O)CC(=O)OCOC)C12. The minimum atomic E-state index is -0.610. The van der Waals surface area contributed by atoms with Crippen molar-refractivity contribution in [1.29, 1.82) is 0 Å². The van der Waals surface area contributed by atoms with Crippen LogP contribution in [0.2, 0.25) is 0 Å². The summed E-state index contributed by atoms with van der Waals surface area (Å²) < 4.78 is 15.9. The van der Waals surface area contributed by atoms with Crippen LogP contribution in [0.1, 0.15) is 52.4 Å². The van der Waals surface area contributed by atoms with Crippen LogP contribution >= 0.6 is 0 Å². The quantitative estimate of drug-likeness (QED) is 0.544. The predicted octanol–water partition coefficient (Wildman–Crippen LogP) is 2.75. The molecule has 0 aromatic heterocycles. The summed E-state index contributed by atoms with van der Waals surface area (Å²) in [6.45, 7) is 4.41. The summed E-state index contributed by atoms with van der Waals surface area (Å²) in [6.07, 6.45) is 5.66. The van der Waals surface area contributed by atoms with Crippen LogP contribution in [0.3, 0.4) is 0 Å². The normalized spacial score (nSPS) is 41.4. The van der Waals surface area contributed by atoms with E-state index in [1.807, 2.05) is 0 Å². The number of rotatable bonds is 8. The average Bonchev–Trinajstić information content (AvgIpc) is 3.22. The molecule has 138 valence electrons. The van der Waals surface area contributed by atoms with Gasteiger partial charge in [-0.25, -0.2) is 0 Å². The first kappa shape index (κ1) is 18.2. The lowest BCUT2D eigenvalue weighted by molar-refractivity contribution is -0.156. The van der Waals surface area contributed by atoms with Crippen molar-refractivity contribution < 1.29 is 24.1 Å². The minimum absolute atomic E-state index is 0.0443. The third kappa shape index (κ3) is 3.35. The van der Waals surface area contributed by atoms with Gasteiger partial charge in [0, 0.05) is 7.11 Å².